The first-order valence-electron chi connectivity index (χ1n) is 7.54. The molecule has 1 aromatic rings. The highest BCUT2D eigenvalue weighted by molar-refractivity contribution is 6.30. The third kappa shape index (κ3) is 6.44. The zero-order chi connectivity index (χ0) is 14.1. The Hall–Kier alpha value is -0.530. The molecular weight excluding hydrogens is 256 g/mol. The highest BCUT2D eigenvalue weighted by Gasteiger charge is 2.15. The number of hydrogen-bond donors (Lipinski definition) is 1. The van der Waals surface area contributed by atoms with Crippen LogP contribution >= 0.6 is 11.6 Å². The van der Waals surface area contributed by atoms with Gasteiger partial charge in [0.2, 0.25) is 0 Å². The normalized spacial score (nSPS) is 14.3. The van der Waals surface area contributed by atoms with Crippen molar-refractivity contribution in [2.75, 3.05) is 6.61 Å². The molecule has 0 amide bonds. The van der Waals surface area contributed by atoms with Crippen LogP contribution in [0.5, 0.6) is 0 Å². The topological polar surface area (TPSA) is 20.2 Å². The number of rotatable bonds is 9. The molecule has 1 nitrogen and oxygen atoms in total. The summed E-state index contributed by atoms with van der Waals surface area (Å²) in [5.74, 6) is 1.13. The lowest BCUT2D eigenvalue weighted by atomic mass is 9.86. The van der Waals surface area contributed by atoms with Gasteiger partial charge in [-0.05, 0) is 42.4 Å². The van der Waals surface area contributed by atoms with Crippen LogP contribution < -0.4 is 0 Å². The van der Waals surface area contributed by atoms with Gasteiger partial charge in [-0.3, -0.25) is 0 Å². The van der Waals surface area contributed by atoms with Crippen molar-refractivity contribution in [1.82, 2.24) is 0 Å². The standard InChI is InChI=1S/C17H27ClO/c1-3-5-6-14(4-2)11-16(13-19)12-15-7-9-17(18)10-8-15/h7-10,14,16,19H,3-6,11-13H2,1-2H3. The van der Waals surface area contributed by atoms with E-state index in [-0.39, 0.29) is 6.61 Å². The Morgan fingerprint density at radius 1 is 1.11 bits per heavy atom. The number of aliphatic hydroxyl groups excluding tert-OH is 1. The van der Waals surface area contributed by atoms with E-state index in [9.17, 15) is 5.11 Å². The SMILES string of the molecule is CCCCC(CC)CC(CO)Cc1ccc(Cl)cc1. The minimum Gasteiger partial charge on any atom is -0.396 e. The van der Waals surface area contributed by atoms with Gasteiger partial charge in [-0.1, -0.05) is 63.3 Å². The van der Waals surface area contributed by atoms with Gasteiger partial charge in [-0.2, -0.15) is 0 Å². The van der Waals surface area contributed by atoms with E-state index >= 15 is 0 Å². The first-order chi connectivity index (χ1) is 9.19. The summed E-state index contributed by atoms with van der Waals surface area (Å²) in [6.07, 6.45) is 7.17. The molecule has 0 saturated carbocycles. The van der Waals surface area contributed by atoms with Crippen molar-refractivity contribution in [1.29, 1.82) is 0 Å². The van der Waals surface area contributed by atoms with Crippen molar-refractivity contribution in [2.45, 2.75) is 52.4 Å². The fourth-order valence-corrected chi connectivity index (χ4v) is 2.76. The minimum absolute atomic E-state index is 0.283. The van der Waals surface area contributed by atoms with Crippen LogP contribution in [0.4, 0.5) is 0 Å². The monoisotopic (exact) mass is 282 g/mol. The lowest BCUT2D eigenvalue weighted by Crippen LogP contribution is -2.15. The fraction of sp³-hybridized carbons (Fsp3) is 0.647. The minimum atomic E-state index is 0.283. The van der Waals surface area contributed by atoms with Gasteiger partial charge < -0.3 is 5.11 Å². The molecule has 1 N–H and O–H groups in total. The van der Waals surface area contributed by atoms with Gasteiger partial charge in [0.1, 0.15) is 0 Å². The van der Waals surface area contributed by atoms with Crippen LogP contribution in [-0.2, 0) is 6.42 Å². The van der Waals surface area contributed by atoms with Crippen molar-refractivity contribution < 1.29 is 5.11 Å². The third-order valence-corrected chi connectivity index (χ3v) is 4.16. The van der Waals surface area contributed by atoms with Gasteiger partial charge in [-0.15, -0.1) is 0 Å². The second-order valence-electron chi connectivity index (χ2n) is 5.53. The Labute approximate surface area is 123 Å². The Kier molecular flexibility index (Phi) is 8.16. The molecular formula is C17H27ClO. The molecule has 0 aliphatic carbocycles. The lowest BCUT2D eigenvalue weighted by molar-refractivity contribution is 0.194. The number of benzene rings is 1. The lowest BCUT2D eigenvalue weighted by Gasteiger charge is -2.21. The molecule has 1 aromatic carbocycles. The molecule has 0 radical (unpaired) electrons. The highest BCUT2D eigenvalue weighted by atomic mass is 35.5. The molecule has 0 heterocycles. The predicted octanol–water partition coefficient (Wildman–Crippen LogP) is 5.10. The van der Waals surface area contributed by atoms with Crippen molar-refractivity contribution in [3.63, 3.8) is 0 Å². The summed E-state index contributed by atoms with van der Waals surface area (Å²) in [5.41, 5.74) is 1.27. The van der Waals surface area contributed by atoms with E-state index in [1.165, 1.54) is 31.2 Å². The van der Waals surface area contributed by atoms with Crippen LogP contribution in [0.15, 0.2) is 24.3 Å². The van der Waals surface area contributed by atoms with Crippen molar-refractivity contribution >= 4 is 11.6 Å². The molecule has 0 bridgehead atoms. The first kappa shape index (κ1) is 16.5. The van der Waals surface area contributed by atoms with Gasteiger partial charge in [0.05, 0.1) is 0 Å². The number of unbranched alkanes of at least 4 members (excludes halogenated alkanes) is 1. The molecule has 0 fully saturated rings. The maximum atomic E-state index is 9.59. The van der Waals surface area contributed by atoms with Crippen LogP contribution in [0.1, 0.15) is 51.5 Å². The predicted molar refractivity (Wildman–Crippen MR) is 83.7 cm³/mol. The summed E-state index contributed by atoms with van der Waals surface area (Å²) in [6, 6.07) is 8.00. The summed E-state index contributed by atoms with van der Waals surface area (Å²) in [4.78, 5) is 0. The van der Waals surface area contributed by atoms with Gasteiger partial charge in [0.25, 0.3) is 0 Å². The summed E-state index contributed by atoms with van der Waals surface area (Å²) in [6.45, 7) is 4.78. The molecule has 2 atom stereocenters. The molecule has 2 unspecified atom stereocenters. The summed E-state index contributed by atoms with van der Waals surface area (Å²) >= 11 is 5.90. The van der Waals surface area contributed by atoms with Crippen LogP contribution in [0.25, 0.3) is 0 Å². The maximum Gasteiger partial charge on any atom is 0.0462 e. The van der Waals surface area contributed by atoms with Crippen LogP contribution in [-0.4, -0.2) is 11.7 Å². The smallest absolute Gasteiger partial charge is 0.0462 e. The number of aliphatic hydroxyl groups is 1. The molecule has 19 heavy (non-hydrogen) atoms. The molecule has 0 spiro atoms. The van der Waals surface area contributed by atoms with E-state index in [2.05, 4.69) is 26.0 Å². The summed E-state index contributed by atoms with van der Waals surface area (Å²) in [7, 11) is 0. The Balaban J connectivity index is 2.49. The van der Waals surface area contributed by atoms with Gasteiger partial charge in [0.15, 0.2) is 0 Å². The molecule has 0 aliphatic rings. The van der Waals surface area contributed by atoms with E-state index in [0.717, 1.165) is 23.8 Å². The second kappa shape index (κ2) is 9.39. The van der Waals surface area contributed by atoms with Crippen molar-refractivity contribution in [3.8, 4) is 0 Å². The van der Waals surface area contributed by atoms with E-state index in [0.29, 0.717) is 5.92 Å². The summed E-state index contributed by atoms with van der Waals surface area (Å²) < 4.78 is 0. The zero-order valence-electron chi connectivity index (χ0n) is 12.2. The van der Waals surface area contributed by atoms with Crippen LogP contribution in [0.3, 0.4) is 0 Å². The maximum absolute atomic E-state index is 9.59. The summed E-state index contributed by atoms with van der Waals surface area (Å²) in [5, 5.41) is 10.4. The Morgan fingerprint density at radius 2 is 1.79 bits per heavy atom. The molecule has 0 aliphatic heterocycles. The Bertz CT molecular complexity index is 334. The molecule has 2 heteroatoms. The van der Waals surface area contributed by atoms with Crippen molar-refractivity contribution in [2.24, 2.45) is 11.8 Å². The second-order valence-corrected chi connectivity index (χ2v) is 5.97. The van der Waals surface area contributed by atoms with Gasteiger partial charge in [0, 0.05) is 11.6 Å². The molecule has 1 rings (SSSR count). The average Bonchev–Trinajstić information content (AvgIpc) is 2.44. The van der Waals surface area contributed by atoms with Crippen LogP contribution in [0.2, 0.25) is 5.02 Å². The first-order valence-corrected chi connectivity index (χ1v) is 7.92. The zero-order valence-corrected chi connectivity index (χ0v) is 13.0. The largest absolute Gasteiger partial charge is 0.396 e. The van der Waals surface area contributed by atoms with E-state index in [4.69, 9.17) is 11.6 Å². The third-order valence-electron chi connectivity index (χ3n) is 3.91. The molecule has 108 valence electrons. The average molecular weight is 283 g/mol. The van der Waals surface area contributed by atoms with E-state index in [1.54, 1.807) is 0 Å². The highest BCUT2D eigenvalue weighted by Crippen LogP contribution is 2.24. The quantitative estimate of drug-likeness (QED) is 0.668. The van der Waals surface area contributed by atoms with E-state index in [1.807, 2.05) is 12.1 Å². The number of hydrogen-bond acceptors (Lipinski definition) is 1. The molecule has 0 saturated heterocycles. The van der Waals surface area contributed by atoms with Gasteiger partial charge in [-0.25, -0.2) is 0 Å². The Morgan fingerprint density at radius 3 is 2.32 bits per heavy atom. The van der Waals surface area contributed by atoms with Crippen LogP contribution in [0, 0.1) is 11.8 Å². The molecule has 0 aromatic heterocycles. The van der Waals surface area contributed by atoms with Gasteiger partial charge >= 0.3 is 0 Å². The van der Waals surface area contributed by atoms with E-state index < -0.39 is 0 Å². The number of halogens is 1. The fourth-order valence-electron chi connectivity index (χ4n) is 2.63. The van der Waals surface area contributed by atoms with Crippen molar-refractivity contribution in [3.05, 3.63) is 34.9 Å².